The fourth-order valence-electron chi connectivity index (χ4n) is 2.36. The summed E-state index contributed by atoms with van der Waals surface area (Å²) in [5.74, 6) is -2.31. The van der Waals surface area contributed by atoms with Gasteiger partial charge >= 0.3 is 5.97 Å². The van der Waals surface area contributed by atoms with E-state index in [1.807, 2.05) is 0 Å². The van der Waals surface area contributed by atoms with E-state index in [0.29, 0.717) is 12.6 Å². The molecule has 17 heavy (non-hydrogen) atoms. The minimum atomic E-state index is -1.05. The van der Waals surface area contributed by atoms with Gasteiger partial charge in [-0.25, -0.2) is 0 Å². The molecule has 2 unspecified atom stereocenters. The quantitative estimate of drug-likeness (QED) is 0.719. The zero-order chi connectivity index (χ0) is 13.0. The van der Waals surface area contributed by atoms with Crippen LogP contribution in [0.1, 0.15) is 26.7 Å². The van der Waals surface area contributed by atoms with Crippen molar-refractivity contribution in [3.63, 3.8) is 0 Å². The van der Waals surface area contributed by atoms with Crippen LogP contribution < -0.4 is 0 Å². The molecular weight excluding hydrogens is 220 g/mol. The Balaban J connectivity index is 2.51. The van der Waals surface area contributed by atoms with Crippen molar-refractivity contribution in [1.29, 1.82) is 0 Å². The molecule has 1 amide bonds. The van der Waals surface area contributed by atoms with Gasteiger partial charge in [0.1, 0.15) is 5.92 Å². The predicted molar refractivity (Wildman–Crippen MR) is 64.7 cm³/mol. The summed E-state index contributed by atoms with van der Waals surface area (Å²) in [5, 5.41) is 8.80. The number of carbonyl (C=O) groups is 2. The maximum atomic E-state index is 11.8. The zero-order valence-corrected chi connectivity index (χ0v) is 10.8. The molecule has 98 valence electrons. The highest BCUT2D eigenvalue weighted by Crippen LogP contribution is 2.17. The first kappa shape index (κ1) is 14.0. The SMILES string of the molecule is CCN1CCCC1CN(C)C(=O)C(C)C(=O)O. The molecule has 1 fully saturated rings. The fraction of sp³-hybridized carbons (Fsp3) is 0.833. The van der Waals surface area contributed by atoms with Crippen molar-refractivity contribution in [3.8, 4) is 0 Å². The highest BCUT2D eigenvalue weighted by molar-refractivity contribution is 5.96. The van der Waals surface area contributed by atoms with Crippen LogP contribution in [0.25, 0.3) is 0 Å². The topological polar surface area (TPSA) is 60.9 Å². The number of carboxylic acid groups (broad SMARTS) is 1. The van der Waals surface area contributed by atoms with Crippen molar-refractivity contribution >= 4 is 11.9 Å². The summed E-state index contributed by atoms with van der Waals surface area (Å²) in [6, 6.07) is 0.384. The van der Waals surface area contributed by atoms with Crippen LogP contribution in [0.3, 0.4) is 0 Å². The number of aliphatic carboxylic acids is 1. The Morgan fingerprint density at radius 3 is 2.71 bits per heavy atom. The van der Waals surface area contributed by atoms with Crippen molar-refractivity contribution in [2.45, 2.75) is 32.7 Å². The molecule has 1 N–H and O–H groups in total. The molecule has 0 spiro atoms. The van der Waals surface area contributed by atoms with Gasteiger partial charge < -0.3 is 10.0 Å². The van der Waals surface area contributed by atoms with Crippen LogP contribution in [0.4, 0.5) is 0 Å². The van der Waals surface area contributed by atoms with E-state index >= 15 is 0 Å². The van der Waals surface area contributed by atoms with Crippen molar-refractivity contribution in [2.24, 2.45) is 5.92 Å². The zero-order valence-electron chi connectivity index (χ0n) is 10.8. The Morgan fingerprint density at radius 1 is 1.53 bits per heavy atom. The van der Waals surface area contributed by atoms with E-state index in [-0.39, 0.29) is 5.91 Å². The number of hydrogen-bond acceptors (Lipinski definition) is 3. The number of rotatable bonds is 5. The van der Waals surface area contributed by atoms with Gasteiger partial charge in [0.2, 0.25) is 5.91 Å². The number of carboxylic acids is 1. The Hall–Kier alpha value is -1.10. The van der Waals surface area contributed by atoms with E-state index < -0.39 is 11.9 Å². The Bertz CT molecular complexity index is 293. The Kier molecular flexibility index (Phi) is 4.93. The van der Waals surface area contributed by atoms with E-state index in [9.17, 15) is 9.59 Å². The van der Waals surface area contributed by atoms with E-state index in [0.717, 1.165) is 25.9 Å². The molecule has 1 heterocycles. The van der Waals surface area contributed by atoms with E-state index in [1.54, 1.807) is 11.9 Å². The summed E-state index contributed by atoms with van der Waals surface area (Å²) in [5.41, 5.74) is 0. The Labute approximate surface area is 102 Å². The number of carbonyl (C=O) groups excluding carboxylic acids is 1. The molecular formula is C12H22N2O3. The van der Waals surface area contributed by atoms with Gasteiger partial charge in [0, 0.05) is 19.6 Å². The van der Waals surface area contributed by atoms with Crippen LogP contribution in [0.2, 0.25) is 0 Å². The van der Waals surface area contributed by atoms with Crippen LogP contribution in [-0.2, 0) is 9.59 Å². The summed E-state index contributed by atoms with van der Waals surface area (Å²) in [4.78, 5) is 26.4. The molecule has 2 atom stereocenters. The molecule has 0 aromatic rings. The van der Waals surface area contributed by atoms with Gasteiger partial charge in [-0.2, -0.15) is 0 Å². The number of nitrogens with zero attached hydrogens (tertiary/aromatic N) is 2. The van der Waals surface area contributed by atoms with Gasteiger partial charge in [0.05, 0.1) is 0 Å². The smallest absolute Gasteiger partial charge is 0.315 e. The summed E-state index contributed by atoms with van der Waals surface area (Å²) < 4.78 is 0. The molecule has 1 aliphatic rings. The lowest BCUT2D eigenvalue weighted by Crippen LogP contribution is -2.43. The van der Waals surface area contributed by atoms with Crippen molar-refractivity contribution < 1.29 is 14.7 Å². The summed E-state index contributed by atoms with van der Waals surface area (Å²) in [7, 11) is 1.69. The lowest BCUT2D eigenvalue weighted by Gasteiger charge is -2.28. The molecule has 0 aromatic carbocycles. The van der Waals surface area contributed by atoms with Gasteiger partial charge in [0.25, 0.3) is 0 Å². The first-order valence-electron chi connectivity index (χ1n) is 6.19. The minimum absolute atomic E-state index is 0.305. The molecule has 1 saturated heterocycles. The van der Waals surface area contributed by atoms with Gasteiger partial charge in [-0.05, 0) is 32.9 Å². The molecule has 0 aromatic heterocycles. The second kappa shape index (κ2) is 6.00. The molecule has 0 aliphatic carbocycles. The summed E-state index contributed by atoms with van der Waals surface area (Å²) in [6.07, 6.45) is 2.25. The van der Waals surface area contributed by atoms with Crippen molar-refractivity contribution in [2.75, 3.05) is 26.7 Å². The maximum Gasteiger partial charge on any atom is 0.315 e. The highest BCUT2D eigenvalue weighted by Gasteiger charge is 2.29. The van der Waals surface area contributed by atoms with E-state index in [2.05, 4.69) is 11.8 Å². The van der Waals surface area contributed by atoms with Crippen LogP contribution in [-0.4, -0.2) is 59.5 Å². The van der Waals surface area contributed by atoms with E-state index in [1.165, 1.54) is 6.92 Å². The summed E-state index contributed by atoms with van der Waals surface area (Å²) >= 11 is 0. The molecule has 1 aliphatic heterocycles. The summed E-state index contributed by atoms with van der Waals surface area (Å²) in [6.45, 7) is 6.25. The molecule has 5 nitrogen and oxygen atoms in total. The fourth-order valence-corrected chi connectivity index (χ4v) is 2.36. The Morgan fingerprint density at radius 2 is 2.18 bits per heavy atom. The number of hydrogen-bond donors (Lipinski definition) is 1. The second-order valence-corrected chi connectivity index (χ2v) is 4.70. The third kappa shape index (κ3) is 3.43. The molecule has 0 bridgehead atoms. The van der Waals surface area contributed by atoms with Crippen LogP contribution in [0.5, 0.6) is 0 Å². The van der Waals surface area contributed by atoms with Gasteiger partial charge in [-0.3, -0.25) is 14.5 Å². The first-order chi connectivity index (χ1) is 7.97. The third-order valence-corrected chi connectivity index (χ3v) is 3.51. The predicted octanol–water partition coefficient (Wildman–Crippen LogP) is 0.650. The maximum absolute atomic E-state index is 11.8. The minimum Gasteiger partial charge on any atom is -0.481 e. The molecule has 0 saturated carbocycles. The number of likely N-dealkylation sites (tertiary alicyclic amines) is 1. The number of amides is 1. The highest BCUT2D eigenvalue weighted by atomic mass is 16.4. The molecule has 0 radical (unpaired) electrons. The van der Waals surface area contributed by atoms with E-state index in [4.69, 9.17) is 5.11 Å². The van der Waals surface area contributed by atoms with Crippen LogP contribution >= 0.6 is 0 Å². The largest absolute Gasteiger partial charge is 0.481 e. The monoisotopic (exact) mass is 242 g/mol. The third-order valence-electron chi connectivity index (χ3n) is 3.51. The standard InChI is InChI=1S/C12H22N2O3/c1-4-14-7-5-6-10(14)8-13(3)11(15)9(2)12(16)17/h9-10H,4-8H2,1-3H3,(H,16,17). The van der Waals surface area contributed by atoms with Crippen molar-refractivity contribution in [1.82, 2.24) is 9.80 Å². The van der Waals surface area contributed by atoms with Crippen molar-refractivity contribution in [3.05, 3.63) is 0 Å². The lowest BCUT2D eigenvalue weighted by molar-refractivity contribution is -0.150. The van der Waals surface area contributed by atoms with Crippen LogP contribution in [0.15, 0.2) is 0 Å². The van der Waals surface area contributed by atoms with Gasteiger partial charge in [0.15, 0.2) is 0 Å². The number of likely N-dealkylation sites (N-methyl/N-ethyl adjacent to an activating group) is 2. The van der Waals surface area contributed by atoms with Crippen LogP contribution in [0, 0.1) is 5.92 Å². The normalized spacial score (nSPS) is 22.4. The van der Waals surface area contributed by atoms with Gasteiger partial charge in [-0.15, -0.1) is 0 Å². The first-order valence-corrected chi connectivity index (χ1v) is 6.19. The lowest BCUT2D eigenvalue weighted by atomic mass is 10.1. The molecule has 1 rings (SSSR count). The van der Waals surface area contributed by atoms with Gasteiger partial charge in [-0.1, -0.05) is 6.92 Å². The average Bonchev–Trinajstić information content (AvgIpc) is 2.73. The second-order valence-electron chi connectivity index (χ2n) is 4.70. The molecule has 5 heteroatoms. The average molecular weight is 242 g/mol.